The molecule has 0 saturated heterocycles. The van der Waals surface area contributed by atoms with Crippen molar-refractivity contribution in [3.63, 3.8) is 0 Å². The van der Waals surface area contributed by atoms with E-state index < -0.39 is 11.5 Å². The Bertz CT molecular complexity index is 826. The number of benzene rings is 2. The molecule has 2 aromatic carbocycles. The lowest BCUT2D eigenvalue weighted by Gasteiger charge is -2.25. The molecule has 128 valence electrons. The first kappa shape index (κ1) is 17.1. The van der Waals surface area contributed by atoms with Crippen molar-refractivity contribution in [1.29, 1.82) is 0 Å². The predicted octanol–water partition coefficient (Wildman–Crippen LogP) is 3.30. The van der Waals surface area contributed by atoms with Crippen molar-refractivity contribution in [2.75, 3.05) is 4.90 Å². The lowest BCUT2D eigenvalue weighted by Crippen LogP contribution is -2.44. The van der Waals surface area contributed by atoms with Crippen LogP contribution in [-0.4, -0.2) is 22.8 Å². The van der Waals surface area contributed by atoms with E-state index in [9.17, 15) is 14.7 Å². The highest BCUT2D eigenvalue weighted by molar-refractivity contribution is 6.10. The molecule has 3 rings (SSSR count). The van der Waals surface area contributed by atoms with Gasteiger partial charge in [-0.1, -0.05) is 54.6 Å². The topological polar surface area (TPSA) is 57.6 Å². The van der Waals surface area contributed by atoms with Gasteiger partial charge in [-0.05, 0) is 31.6 Å². The molecule has 1 unspecified atom stereocenters. The smallest absolute Gasteiger partial charge is 0.264 e. The number of rotatable bonds is 5. The molecule has 2 aromatic rings. The minimum atomic E-state index is -1.81. The zero-order chi connectivity index (χ0) is 18.0. The van der Waals surface area contributed by atoms with Gasteiger partial charge in [0.1, 0.15) is 0 Å². The molecule has 1 aliphatic rings. The number of hydrogen-bond donors (Lipinski definition) is 1. The van der Waals surface area contributed by atoms with Gasteiger partial charge >= 0.3 is 0 Å². The van der Waals surface area contributed by atoms with Crippen LogP contribution in [0.2, 0.25) is 0 Å². The summed E-state index contributed by atoms with van der Waals surface area (Å²) in [6.45, 7) is 3.77. The van der Waals surface area contributed by atoms with Crippen LogP contribution in [0, 0.1) is 0 Å². The molecule has 1 N–H and O–H groups in total. The van der Waals surface area contributed by atoms with Crippen molar-refractivity contribution < 1.29 is 14.7 Å². The third-order valence-electron chi connectivity index (χ3n) is 4.39. The molecule has 0 spiro atoms. The predicted molar refractivity (Wildman–Crippen MR) is 98.1 cm³/mol. The summed E-state index contributed by atoms with van der Waals surface area (Å²) < 4.78 is 0. The number of anilines is 1. The normalized spacial score (nSPS) is 19.7. The molecule has 1 amide bonds. The summed E-state index contributed by atoms with van der Waals surface area (Å²) in [7, 11) is 0. The van der Waals surface area contributed by atoms with Gasteiger partial charge in [0.25, 0.3) is 5.91 Å². The van der Waals surface area contributed by atoms with Crippen LogP contribution in [-0.2, 0) is 15.2 Å². The van der Waals surface area contributed by atoms with Gasteiger partial charge in [-0.3, -0.25) is 9.59 Å². The number of fused-ring (bicyclic) bond motifs is 1. The number of amides is 1. The van der Waals surface area contributed by atoms with E-state index in [1.54, 1.807) is 29.2 Å². The van der Waals surface area contributed by atoms with Gasteiger partial charge in [-0.15, -0.1) is 0 Å². The maximum Gasteiger partial charge on any atom is 0.264 e. The average molecular weight is 335 g/mol. The van der Waals surface area contributed by atoms with Crippen LogP contribution in [0.25, 0.3) is 6.08 Å². The summed E-state index contributed by atoms with van der Waals surface area (Å²) in [4.78, 5) is 26.8. The van der Waals surface area contributed by atoms with Crippen LogP contribution in [0.15, 0.2) is 60.7 Å². The van der Waals surface area contributed by atoms with Crippen LogP contribution in [0.4, 0.5) is 5.69 Å². The second-order valence-electron chi connectivity index (χ2n) is 6.53. The summed E-state index contributed by atoms with van der Waals surface area (Å²) in [5, 5.41) is 11.1. The largest absolute Gasteiger partial charge is 0.375 e. The van der Waals surface area contributed by atoms with Crippen LogP contribution < -0.4 is 4.90 Å². The molecule has 0 aromatic heterocycles. The summed E-state index contributed by atoms with van der Waals surface area (Å²) in [5.41, 5.74) is 0.253. The van der Waals surface area contributed by atoms with Crippen LogP contribution >= 0.6 is 0 Å². The summed E-state index contributed by atoms with van der Waals surface area (Å²) in [6, 6.07) is 16.4. The molecule has 25 heavy (non-hydrogen) atoms. The van der Waals surface area contributed by atoms with E-state index in [-0.39, 0.29) is 18.2 Å². The van der Waals surface area contributed by atoms with E-state index in [0.29, 0.717) is 11.3 Å². The van der Waals surface area contributed by atoms with E-state index >= 15 is 0 Å². The Morgan fingerprint density at radius 1 is 1.12 bits per heavy atom. The molecule has 1 atom stereocenters. The zero-order valence-electron chi connectivity index (χ0n) is 14.3. The summed E-state index contributed by atoms with van der Waals surface area (Å²) >= 11 is 0. The van der Waals surface area contributed by atoms with Crippen LogP contribution in [0.3, 0.4) is 0 Å². The molecule has 0 aliphatic carbocycles. The number of ketones is 1. The minimum Gasteiger partial charge on any atom is -0.375 e. The lowest BCUT2D eigenvalue weighted by atomic mass is 9.89. The van der Waals surface area contributed by atoms with Gasteiger partial charge in [0, 0.05) is 11.6 Å². The number of allylic oxidation sites excluding steroid dienone is 1. The number of carbonyl (C=O) groups excluding carboxylic acids is 2. The molecule has 1 heterocycles. The lowest BCUT2D eigenvalue weighted by molar-refractivity contribution is -0.140. The van der Waals surface area contributed by atoms with E-state index in [0.717, 1.165) is 5.56 Å². The quantitative estimate of drug-likeness (QED) is 0.853. The molecular weight excluding hydrogens is 314 g/mol. The summed E-state index contributed by atoms with van der Waals surface area (Å²) in [6.07, 6.45) is 2.84. The fourth-order valence-corrected chi connectivity index (χ4v) is 3.21. The Kier molecular flexibility index (Phi) is 4.55. The zero-order valence-corrected chi connectivity index (χ0v) is 14.3. The molecule has 1 aliphatic heterocycles. The molecule has 0 bridgehead atoms. The third-order valence-corrected chi connectivity index (χ3v) is 4.39. The fourth-order valence-electron chi connectivity index (χ4n) is 3.21. The first-order valence-corrected chi connectivity index (χ1v) is 8.35. The SMILES string of the molecule is CC(C)N1C(=O)C(O)(CC(=O)C=Cc2ccccc2)c2ccccc21. The van der Waals surface area contributed by atoms with Crippen molar-refractivity contribution in [1.82, 2.24) is 0 Å². The second kappa shape index (κ2) is 6.65. The van der Waals surface area contributed by atoms with Crippen molar-refractivity contribution in [3.8, 4) is 0 Å². The van der Waals surface area contributed by atoms with Crippen LogP contribution in [0.1, 0.15) is 31.4 Å². The fraction of sp³-hybridized carbons (Fsp3) is 0.238. The Morgan fingerprint density at radius 3 is 2.44 bits per heavy atom. The highest BCUT2D eigenvalue weighted by Gasteiger charge is 2.51. The van der Waals surface area contributed by atoms with E-state index in [2.05, 4.69) is 0 Å². The Balaban J connectivity index is 1.87. The second-order valence-corrected chi connectivity index (χ2v) is 6.53. The highest BCUT2D eigenvalue weighted by atomic mass is 16.3. The first-order valence-electron chi connectivity index (χ1n) is 8.35. The molecule has 0 fully saturated rings. The molecule has 0 saturated carbocycles. The monoisotopic (exact) mass is 335 g/mol. The van der Waals surface area contributed by atoms with E-state index in [1.807, 2.05) is 50.2 Å². The first-order chi connectivity index (χ1) is 11.9. The minimum absolute atomic E-state index is 0.0994. The van der Waals surface area contributed by atoms with Crippen molar-refractivity contribution in [3.05, 3.63) is 71.8 Å². The standard InChI is InChI=1S/C21H21NO3/c1-15(2)22-19-11-7-6-10-18(19)21(25,20(22)24)14-17(23)13-12-16-8-4-3-5-9-16/h3-13,15,25H,14H2,1-2H3. The Labute approximate surface area is 147 Å². The van der Waals surface area contributed by atoms with E-state index in [4.69, 9.17) is 0 Å². The number of hydrogen-bond acceptors (Lipinski definition) is 3. The maximum absolute atomic E-state index is 12.8. The van der Waals surface area contributed by atoms with Gasteiger partial charge in [-0.2, -0.15) is 0 Å². The number of carbonyl (C=O) groups is 2. The van der Waals surface area contributed by atoms with Crippen molar-refractivity contribution in [2.45, 2.75) is 31.9 Å². The molecule has 4 heteroatoms. The third kappa shape index (κ3) is 3.13. The van der Waals surface area contributed by atoms with Gasteiger partial charge in [0.05, 0.1) is 12.1 Å². The van der Waals surface area contributed by atoms with Crippen LogP contribution in [0.5, 0.6) is 0 Å². The van der Waals surface area contributed by atoms with E-state index in [1.165, 1.54) is 6.08 Å². The van der Waals surface area contributed by atoms with Gasteiger partial charge in [0.2, 0.25) is 0 Å². The van der Waals surface area contributed by atoms with Crippen molar-refractivity contribution >= 4 is 23.5 Å². The molecular formula is C21H21NO3. The highest BCUT2D eigenvalue weighted by Crippen LogP contribution is 2.43. The van der Waals surface area contributed by atoms with Gasteiger partial charge in [-0.25, -0.2) is 0 Å². The Hall–Kier alpha value is -2.72. The maximum atomic E-state index is 12.8. The van der Waals surface area contributed by atoms with Gasteiger partial charge in [0.15, 0.2) is 11.4 Å². The molecule has 4 nitrogen and oxygen atoms in total. The molecule has 0 radical (unpaired) electrons. The number of para-hydroxylation sites is 1. The number of aliphatic hydroxyl groups is 1. The van der Waals surface area contributed by atoms with Gasteiger partial charge < -0.3 is 10.0 Å². The van der Waals surface area contributed by atoms with Crippen molar-refractivity contribution in [2.24, 2.45) is 0 Å². The number of nitrogens with zero attached hydrogens (tertiary/aromatic N) is 1. The summed E-state index contributed by atoms with van der Waals surface area (Å²) in [5.74, 6) is -0.731. The Morgan fingerprint density at radius 2 is 1.76 bits per heavy atom. The average Bonchev–Trinajstić information content (AvgIpc) is 2.82.